The highest BCUT2D eigenvalue weighted by atomic mass is 16.6. The van der Waals surface area contributed by atoms with E-state index < -0.39 is 18.4 Å². The van der Waals surface area contributed by atoms with Gasteiger partial charge in [0.15, 0.2) is 6.29 Å². The summed E-state index contributed by atoms with van der Waals surface area (Å²) in [6, 6.07) is 8.22. The molecule has 0 spiro atoms. The van der Waals surface area contributed by atoms with E-state index in [1.807, 2.05) is 44.2 Å². The van der Waals surface area contributed by atoms with Crippen LogP contribution in [0.25, 0.3) is 0 Å². The minimum absolute atomic E-state index is 0.00808. The van der Waals surface area contributed by atoms with Crippen molar-refractivity contribution in [1.29, 1.82) is 0 Å². The van der Waals surface area contributed by atoms with Crippen molar-refractivity contribution in [2.75, 3.05) is 33.0 Å². The number of urea groups is 1. The smallest absolute Gasteiger partial charge is 0.318 e. The maximum Gasteiger partial charge on any atom is 0.318 e. The Morgan fingerprint density at radius 2 is 1.89 bits per heavy atom. The minimum atomic E-state index is -1.05. The van der Waals surface area contributed by atoms with Crippen LogP contribution in [0.5, 0.6) is 0 Å². The first kappa shape index (κ1) is 20.6. The standard InChI is InChI=1S/C20H29N3O5/c1-14(2)17(21-20(26)22-8-10-27-11-9-22)18(24)23-13-28-19(25)16(23)12-15-6-4-3-5-7-15/h3-7,14,16-17,19,25H,8-13H2,1-2H3,(H,21,26)/t16-,17-,19+/m0/s1. The lowest BCUT2D eigenvalue weighted by Crippen LogP contribution is -2.57. The number of rotatable bonds is 5. The average Bonchev–Trinajstić information content (AvgIpc) is 3.07. The van der Waals surface area contributed by atoms with Crippen LogP contribution in [-0.4, -0.2) is 78.3 Å². The van der Waals surface area contributed by atoms with Crippen LogP contribution in [-0.2, 0) is 20.7 Å². The Balaban J connectivity index is 1.69. The van der Waals surface area contributed by atoms with Crippen molar-refractivity contribution in [2.24, 2.45) is 5.92 Å². The van der Waals surface area contributed by atoms with Crippen LogP contribution in [0.15, 0.2) is 30.3 Å². The molecule has 2 heterocycles. The van der Waals surface area contributed by atoms with Gasteiger partial charge in [-0.2, -0.15) is 0 Å². The number of amides is 3. The largest absolute Gasteiger partial charge is 0.378 e. The van der Waals surface area contributed by atoms with Gasteiger partial charge in [0.1, 0.15) is 12.8 Å². The number of carbonyl (C=O) groups excluding carboxylic acids is 2. The number of nitrogens with zero attached hydrogens (tertiary/aromatic N) is 2. The summed E-state index contributed by atoms with van der Waals surface area (Å²) < 4.78 is 10.6. The van der Waals surface area contributed by atoms with Gasteiger partial charge in [0.2, 0.25) is 5.91 Å². The van der Waals surface area contributed by atoms with Crippen molar-refractivity contribution in [3.8, 4) is 0 Å². The molecule has 0 bridgehead atoms. The third-order valence-electron chi connectivity index (χ3n) is 5.19. The van der Waals surface area contributed by atoms with Gasteiger partial charge in [-0.05, 0) is 17.9 Å². The molecule has 28 heavy (non-hydrogen) atoms. The maximum atomic E-state index is 13.2. The molecule has 2 N–H and O–H groups in total. The second-order valence-corrected chi connectivity index (χ2v) is 7.52. The molecule has 0 aliphatic carbocycles. The fourth-order valence-electron chi connectivity index (χ4n) is 3.49. The molecule has 2 aliphatic rings. The van der Waals surface area contributed by atoms with Crippen LogP contribution in [0.1, 0.15) is 19.4 Å². The van der Waals surface area contributed by atoms with E-state index in [-0.39, 0.29) is 24.6 Å². The van der Waals surface area contributed by atoms with Gasteiger partial charge in [-0.25, -0.2) is 4.79 Å². The molecule has 0 unspecified atom stereocenters. The van der Waals surface area contributed by atoms with E-state index in [0.29, 0.717) is 32.7 Å². The van der Waals surface area contributed by atoms with E-state index in [0.717, 1.165) is 5.56 Å². The molecule has 2 fully saturated rings. The van der Waals surface area contributed by atoms with E-state index in [1.54, 1.807) is 4.90 Å². The summed E-state index contributed by atoms with van der Waals surface area (Å²) in [6.07, 6.45) is -0.567. The van der Waals surface area contributed by atoms with Gasteiger partial charge in [-0.15, -0.1) is 0 Å². The topological polar surface area (TPSA) is 91.3 Å². The first-order valence-electron chi connectivity index (χ1n) is 9.74. The lowest BCUT2D eigenvalue weighted by atomic mass is 10.00. The van der Waals surface area contributed by atoms with Crippen molar-refractivity contribution in [3.05, 3.63) is 35.9 Å². The second kappa shape index (κ2) is 9.36. The Morgan fingerprint density at radius 3 is 2.54 bits per heavy atom. The summed E-state index contributed by atoms with van der Waals surface area (Å²) >= 11 is 0. The van der Waals surface area contributed by atoms with Crippen LogP contribution in [0.2, 0.25) is 0 Å². The molecule has 3 rings (SSSR count). The van der Waals surface area contributed by atoms with Crippen molar-refractivity contribution in [2.45, 2.75) is 38.6 Å². The van der Waals surface area contributed by atoms with Crippen LogP contribution in [0, 0.1) is 5.92 Å². The Bertz CT molecular complexity index is 663. The lowest BCUT2D eigenvalue weighted by molar-refractivity contribution is -0.136. The molecule has 8 nitrogen and oxygen atoms in total. The Morgan fingerprint density at radius 1 is 1.21 bits per heavy atom. The molecular formula is C20H29N3O5. The fourth-order valence-corrected chi connectivity index (χ4v) is 3.49. The van der Waals surface area contributed by atoms with Crippen LogP contribution >= 0.6 is 0 Å². The number of carbonyl (C=O) groups is 2. The first-order valence-corrected chi connectivity index (χ1v) is 9.74. The summed E-state index contributed by atoms with van der Waals surface area (Å²) in [5.74, 6) is -0.346. The SMILES string of the molecule is CC(C)[C@H](NC(=O)N1CCOCC1)C(=O)N1CO[C@@H](O)[C@@H]1Cc1ccccc1. The normalized spacial score (nSPS) is 23.7. The van der Waals surface area contributed by atoms with Gasteiger partial charge >= 0.3 is 6.03 Å². The molecule has 2 aliphatic heterocycles. The molecule has 3 atom stereocenters. The van der Waals surface area contributed by atoms with Gasteiger partial charge in [-0.3, -0.25) is 4.79 Å². The zero-order chi connectivity index (χ0) is 20.1. The summed E-state index contributed by atoms with van der Waals surface area (Å²) in [4.78, 5) is 29.0. The fraction of sp³-hybridized carbons (Fsp3) is 0.600. The molecule has 154 valence electrons. The Labute approximate surface area is 165 Å². The van der Waals surface area contributed by atoms with Crippen molar-refractivity contribution in [1.82, 2.24) is 15.1 Å². The highest BCUT2D eigenvalue weighted by Gasteiger charge is 2.41. The summed E-state index contributed by atoms with van der Waals surface area (Å²) in [5, 5.41) is 13.1. The molecule has 3 amide bonds. The van der Waals surface area contributed by atoms with E-state index in [2.05, 4.69) is 5.32 Å². The number of nitrogens with one attached hydrogen (secondary N) is 1. The molecule has 1 aromatic rings. The predicted octanol–water partition coefficient (Wildman–Crippen LogP) is 0.799. The number of morpholine rings is 1. The predicted molar refractivity (Wildman–Crippen MR) is 102 cm³/mol. The number of hydrogen-bond acceptors (Lipinski definition) is 5. The molecule has 0 aromatic heterocycles. The molecule has 8 heteroatoms. The van der Waals surface area contributed by atoms with Crippen LogP contribution in [0.4, 0.5) is 4.79 Å². The first-order chi connectivity index (χ1) is 13.5. The van der Waals surface area contributed by atoms with E-state index in [9.17, 15) is 14.7 Å². The van der Waals surface area contributed by atoms with Gasteiger partial charge in [0.05, 0.1) is 19.3 Å². The van der Waals surface area contributed by atoms with E-state index in [4.69, 9.17) is 9.47 Å². The third kappa shape index (κ3) is 4.81. The van der Waals surface area contributed by atoms with E-state index >= 15 is 0 Å². The average molecular weight is 391 g/mol. The van der Waals surface area contributed by atoms with Gasteiger partial charge in [0, 0.05) is 13.1 Å². The zero-order valence-electron chi connectivity index (χ0n) is 16.4. The van der Waals surface area contributed by atoms with Gasteiger partial charge in [-0.1, -0.05) is 44.2 Å². The highest BCUT2D eigenvalue weighted by molar-refractivity contribution is 5.87. The molecular weight excluding hydrogens is 362 g/mol. The number of benzene rings is 1. The van der Waals surface area contributed by atoms with Crippen molar-refractivity contribution in [3.63, 3.8) is 0 Å². The summed E-state index contributed by atoms with van der Waals surface area (Å²) in [5.41, 5.74) is 1.01. The van der Waals surface area contributed by atoms with Crippen molar-refractivity contribution < 1.29 is 24.2 Å². The molecule has 0 radical (unpaired) electrons. The second-order valence-electron chi connectivity index (χ2n) is 7.52. The molecule has 1 aromatic carbocycles. The van der Waals surface area contributed by atoms with Crippen LogP contribution < -0.4 is 5.32 Å². The highest BCUT2D eigenvalue weighted by Crippen LogP contribution is 2.22. The molecule has 2 saturated heterocycles. The van der Waals surface area contributed by atoms with Crippen molar-refractivity contribution >= 4 is 11.9 Å². The lowest BCUT2D eigenvalue weighted by Gasteiger charge is -2.33. The third-order valence-corrected chi connectivity index (χ3v) is 5.19. The number of aliphatic hydroxyl groups is 1. The number of aliphatic hydroxyl groups excluding tert-OH is 1. The quantitative estimate of drug-likeness (QED) is 0.775. The number of ether oxygens (including phenoxy) is 2. The zero-order valence-corrected chi connectivity index (χ0v) is 16.4. The number of hydrogen-bond donors (Lipinski definition) is 2. The van der Waals surface area contributed by atoms with E-state index in [1.165, 1.54) is 4.90 Å². The Kier molecular flexibility index (Phi) is 6.88. The minimum Gasteiger partial charge on any atom is -0.378 e. The van der Waals surface area contributed by atoms with Gasteiger partial charge < -0.3 is 29.7 Å². The maximum absolute atomic E-state index is 13.2. The monoisotopic (exact) mass is 391 g/mol. The van der Waals surface area contributed by atoms with Crippen LogP contribution in [0.3, 0.4) is 0 Å². The Hall–Kier alpha value is -2.16. The van der Waals surface area contributed by atoms with Gasteiger partial charge in [0.25, 0.3) is 0 Å². The summed E-state index contributed by atoms with van der Waals surface area (Å²) in [6.45, 7) is 5.80. The molecule has 0 saturated carbocycles. The summed E-state index contributed by atoms with van der Waals surface area (Å²) in [7, 11) is 0.